The van der Waals surface area contributed by atoms with Crippen molar-refractivity contribution in [1.29, 1.82) is 0 Å². The van der Waals surface area contributed by atoms with Crippen LogP contribution in [-0.2, 0) is 23.2 Å². The van der Waals surface area contributed by atoms with Gasteiger partial charge in [0.2, 0.25) is 5.89 Å². The quantitative estimate of drug-likeness (QED) is 0.828. The Bertz CT molecular complexity index is 589. The topological polar surface area (TPSA) is 82.1 Å². The van der Waals surface area contributed by atoms with Crippen LogP contribution in [0.3, 0.4) is 0 Å². The first kappa shape index (κ1) is 15.1. The molecule has 2 aromatic heterocycles. The Hall–Kier alpha value is -1.80. The zero-order chi connectivity index (χ0) is 15.6. The average Bonchev–Trinajstić information content (AvgIpc) is 3.10. The summed E-state index contributed by atoms with van der Waals surface area (Å²) in [4.78, 5) is 10.7. The number of hydrogen-bond acceptors (Lipinski definition) is 7. The third-order valence-electron chi connectivity index (χ3n) is 3.55. The lowest BCUT2D eigenvalue weighted by Gasteiger charge is -2.31. The van der Waals surface area contributed by atoms with Crippen LogP contribution < -0.4 is 0 Å². The second-order valence-electron chi connectivity index (χ2n) is 6.61. The van der Waals surface area contributed by atoms with Crippen LogP contribution in [0.25, 0.3) is 0 Å². The van der Waals surface area contributed by atoms with Crippen molar-refractivity contribution in [2.45, 2.75) is 45.4 Å². The summed E-state index contributed by atoms with van der Waals surface area (Å²) in [7, 11) is 0. The molecule has 120 valence electrons. The van der Waals surface area contributed by atoms with Gasteiger partial charge < -0.3 is 9.26 Å². The van der Waals surface area contributed by atoms with Gasteiger partial charge in [-0.05, 0) is 0 Å². The number of rotatable bonds is 4. The molecule has 0 radical (unpaired) electrons. The number of morpholine rings is 1. The lowest BCUT2D eigenvalue weighted by atomic mass is 9.97. The smallest absolute Gasteiger partial charge is 0.232 e. The van der Waals surface area contributed by atoms with E-state index in [0.29, 0.717) is 25.6 Å². The van der Waals surface area contributed by atoms with E-state index in [2.05, 4.69) is 45.9 Å². The molecule has 0 unspecified atom stereocenters. The molecule has 3 heterocycles. The van der Waals surface area contributed by atoms with Crippen molar-refractivity contribution >= 4 is 0 Å². The second kappa shape index (κ2) is 6.13. The van der Waals surface area contributed by atoms with Crippen LogP contribution >= 0.6 is 0 Å². The molecule has 3 rings (SSSR count). The Morgan fingerprint density at radius 1 is 1.36 bits per heavy atom. The van der Waals surface area contributed by atoms with E-state index >= 15 is 0 Å². The summed E-state index contributed by atoms with van der Waals surface area (Å²) in [5.74, 6) is 1.40. The van der Waals surface area contributed by atoms with E-state index < -0.39 is 0 Å². The summed E-state index contributed by atoms with van der Waals surface area (Å²) in [5.41, 5.74) is -0.119. The van der Waals surface area contributed by atoms with Crippen molar-refractivity contribution in [3.63, 3.8) is 0 Å². The highest BCUT2D eigenvalue weighted by Gasteiger charge is 2.25. The van der Waals surface area contributed by atoms with Crippen molar-refractivity contribution < 1.29 is 9.26 Å². The van der Waals surface area contributed by atoms with Crippen LogP contribution in [0.1, 0.15) is 32.5 Å². The maximum atomic E-state index is 5.78. The van der Waals surface area contributed by atoms with Gasteiger partial charge in [-0.1, -0.05) is 25.9 Å². The fraction of sp³-hybridized carbons (Fsp3) is 0.714. The summed E-state index contributed by atoms with van der Waals surface area (Å²) >= 11 is 0. The highest BCUT2D eigenvalue weighted by Crippen LogP contribution is 2.20. The molecule has 1 saturated heterocycles. The molecule has 2 aromatic rings. The highest BCUT2D eigenvalue weighted by molar-refractivity contribution is 4.98. The van der Waals surface area contributed by atoms with Crippen molar-refractivity contribution in [3.8, 4) is 0 Å². The van der Waals surface area contributed by atoms with Gasteiger partial charge >= 0.3 is 0 Å². The van der Waals surface area contributed by atoms with Crippen LogP contribution in [0.4, 0.5) is 0 Å². The summed E-state index contributed by atoms with van der Waals surface area (Å²) in [6.07, 6.45) is 3.34. The van der Waals surface area contributed by atoms with E-state index in [1.54, 1.807) is 11.0 Å². The van der Waals surface area contributed by atoms with Crippen molar-refractivity contribution in [2.75, 3.05) is 19.7 Å². The van der Waals surface area contributed by atoms with Crippen molar-refractivity contribution in [1.82, 2.24) is 29.8 Å². The fourth-order valence-corrected chi connectivity index (χ4v) is 2.39. The molecule has 0 amide bonds. The van der Waals surface area contributed by atoms with Gasteiger partial charge in [0.05, 0.1) is 25.8 Å². The maximum Gasteiger partial charge on any atom is 0.232 e. The van der Waals surface area contributed by atoms with E-state index in [1.165, 1.54) is 6.33 Å². The minimum atomic E-state index is -0.119. The van der Waals surface area contributed by atoms with Gasteiger partial charge in [0.1, 0.15) is 12.7 Å². The predicted octanol–water partition coefficient (Wildman–Crippen LogP) is 0.860. The molecule has 22 heavy (non-hydrogen) atoms. The molecule has 8 heteroatoms. The summed E-state index contributed by atoms with van der Waals surface area (Å²) in [5, 5.41) is 8.20. The standard InChI is InChI=1S/C14H22N6O2/c1-14(2,3)13-17-12(18-22-13)8-19-4-5-21-11(6-19)7-20-10-15-9-16-20/h9-11H,4-8H2,1-3H3/t11-/m1/s1. The molecule has 0 aromatic carbocycles. The Labute approximate surface area is 129 Å². The molecule has 0 spiro atoms. The molecule has 1 aliphatic heterocycles. The first-order valence-electron chi connectivity index (χ1n) is 7.50. The molecule has 1 aliphatic rings. The molecular weight excluding hydrogens is 284 g/mol. The SMILES string of the molecule is CC(C)(C)c1nc(CN2CCO[C@@H](Cn3cncn3)C2)no1. The Morgan fingerprint density at radius 2 is 2.23 bits per heavy atom. The van der Waals surface area contributed by atoms with Gasteiger partial charge in [0.15, 0.2) is 5.82 Å². The Morgan fingerprint density at radius 3 is 2.91 bits per heavy atom. The van der Waals surface area contributed by atoms with Crippen LogP contribution in [0.2, 0.25) is 0 Å². The number of aromatic nitrogens is 5. The van der Waals surface area contributed by atoms with Gasteiger partial charge in [0.25, 0.3) is 0 Å². The molecule has 0 N–H and O–H groups in total. The second-order valence-corrected chi connectivity index (χ2v) is 6.61. The van der Waals surface area contributed by atoms with Gasteiger partial charge in [0, 0.05) is 18.5 Å². The minimum Gasteiger partial charge on any atom is -0.374 e. The van der Waals surface area contributed by atoms with Gasteiger partial charge in [-0.15, -0.1) is 0 Å². The molecular formula is C14H22N6O2. The minimum absolute atomic E-state index is 0.101. The monoisotopic (exact) mass is 306 g/mol. The zero-order valence-corrected chi connectivity index (χ0v) is 13.3. The average molecular weight is 306 g/mol. The van der Waals surface area contributed by atoms with Gasteiger partial charge in [-0.3, -0.25) is 9.58 Å². The van der Waals surface area contributed by atoms with Crippen molar-refractivity contribution in [3.05, 3.63) is 24.4 Å². The molecule has 8 nitrogen and oxygen atoms in total. The lowest BCUT2D eigenvalue weighted by Crippen LogP contribution is -2.43. The largest absolute Gasteiger partial charge is 0.374 e. The van der Waals surface area contributed by atoms with E-state index in [4.69, 9.17) is 9.26 Å². The van der Waals surface area contributed by atoms with Gasteiger partial charge in [-0.2, -0.15) is 10.1 Å². The summed E-state index contributed by atoms with van der Waals surface area (Å²) in [6.45, 7) is 9.95. The molecule has 1 atom stereocenters. The predicted molar refractivity (Wildman–Crippen MR) is 78.0 cm³/mol. The van der Waals surface area contributed by atoms with E-state index in [9.17, 15) is 0 Å². The highest BCUT2D eigenvalue weighted by atomic mass is 16.5. The summed E-state index contributed by atoms with van der Waals surface area (Å²) in [6, 6.07) is 0. The molecule has 0 aliphatic carbocycles. The molecule has 1 fully saturated rings. The third kappa shape index (κ3) is 3.69. The van der Waals surface area contributed by atoms with E-state index in [0.717, 1.165) is 18.9 Å². The fourth-order valence-electron chi connectivity index (χ4n) is 2.39. The Balaban J connectivity index is 1.57. The Kier molecular flexibility index (Phi) is 4.21. The maximum absolute atomic E-state index is 5.78. The van der Waals surface area contributed by atoms with Crippen LogP contribution in [0, 0.1) is 0 Å². The first-order chi connectivity index (χ1) is 10.5. The van der Waals surface area contributed by atoms with Gasteiger partial charge in [-0.25, -0.2) is 4.98 Å². The lowest BCUT2D eigenvalue weighted by molar-refractivity contribution is -0.0411. The third-order valence-corrected chi connectivity index (χ3v) is 3.55. The van der Waals surface area contributed by atoms with Crippen LogP contribution in [0.15, 0.2) is 17.2 Å². The molecule has 0 saturated carbocycles. The summed E-state index contributed by atoms with van der Waals surface area (Å²) < 4.78 is 12.9. The van der Waals surface area contributed by atoms with E-state index in [1.807, 2.05) is 0 Å². The number of ether oxygens (including phenoxy) is 1. The number of nitrogens with zero attached hydrogens (tertiary/aromatic N) is 6. The zero-order valence-electron chi connectivity index (χ0n) is 13.3. The van der Waals surface area contributed by atoms with Crippen LogP contribution in [-0.4, -0.2) is 55.6 Å². The first-order valence-corrected chi connectivity index (χ1v) is 7.50. The number of hydrogen-bond donors (Lipinski definition) is 0. The molecule has 0 bridgehead atoms. The normalized spacial score (nSPS) is 20.4. The van der Waals surface area contributed by atoms with Crippen LogP contribution in [0.5, 0.6) is 0 Å². The van der Waals surface area contributed by atoms with E-state index in [-0.39, 0.29) is 11.5 Å². The van der Waals surface area contributed by atoms with Crippen molar-refractivity contribution in [2.24, 2.45) is 0 Å².